The first-order valence-electron chi connectivity index (χ1n) is 6.17. The predicted octanol–water partition coefficient (Wildman–Crippen LogP) is 4.00. The molecule has 9 nitrogen and oxygen atoms in total. The number of hydrogen-bond donors (Lipinski definition) is 0. The van der Waals surface area contributed by atoms with Gasteiger partial charge in [-0.1, -0.05) is 23.2 Å². The predicted molar refractivity (Wildman–Crippen MR) is 86.9 cm³/mol. The van der Waals surface area contributed by atoms with Crippen molar-refractivity contribution in [3.63, 3.8) is 0 Å². The fourth-order valence-electron chi connectivity index (χ4n) is 1.92. The number of nitro benzene ring substituents is 2. The second kappa shape index (κ2) is 6.23. The van der Waals surface area contributed by atoms with Crippen molar-refractivity contribution in [2.45, 2.75) is 10.1 Å². The van der Waals surface area contributed by atoms with Crippen LogP contribution in [-0.2, 0) is 0 Å². The van der Waals surface area contributed by atoms with E-state index < -0.39 is 15.5 Å². The van der Waals surface area contributed by atoms with Gasteiger partial charge in [0.2, 0.25) is 5.16 Å². The average Bonchev–Trinajstić information content (AvgIpc) is 2.90. The molecule has 0 amide bonds. The smallest absolute Gasteiger partial charge is 0.274 e. The molecule has 3 aromatic rings. The van der Waals surface area contributed by atoms with Gasteiger partial charge in [0.25, 0.3) is 11.4 Å². The van der Waals surface area contributed by atoms with Crippen LogP contribution in [0.5, 0.6) is 0 Å². The number of fused-ring (bicyclic) bond motifs is 1. The Morgan fingerprint density at radius 3 is 2.50 bits per heavy atom. The van der Waals surface area contributed by atoms with Crippen molar-refractivity contribution in [2.24, 2.45) is 0 Å². The van der Waals surface area contributed by atoms with E-state index in [1.165, 1.54) is 28.8 Å². The molecule has 1 aromatic carbocycles. The molecule has 0 fully saturated rings. The lowest BCUT2D eigenvalue weighted by molar-refractivity contribution is -0.396. The maximum atomic E-state index is 11.2. The summed E-state index contributed by atoms with van der Waals surface area (Å²) in [5, 5.41) is 30.7. The van der Waals surface area contributed by atoms with E-state index in [4.69, 9.17) is 23.2 Å². The summed E-state index contributed by atoms with van der Waals surface area (Å²) in [6, 6.07) is 4.86. The maximum absolute atomic E-state index is 11.2. The van der Waals surface area contributed by atoms with Crippen LogP contribution < -0.4 is 0 Å². The number of hydrogen-bond acceptors (Lipinski definition) is 7. The molecule has 2 aromatic heterocycles. The molecule has 0 aliphatic heterocycles. The molecule has 0 saturated carbocycles. The van der Waals surface area contributed by atoms with Crippen LogP contribution in [0.15, 0.2) is 40.5 Å². The molecule has 0 atom stereocenters. The molecule has 0 bridgehead atoms. The zero-order valence-electron chi connectivity index (χ0n) is 11.4. The van der Waals surface area contributed by atoms with Crippen LogP contribution in [0.3, 0.4) is 0 Å². The minimum Gasteiger partial charge on any atom is -0.274 e. The largest absolute Gasteiger partial charge is 0.290 e. The molecule has 3 rings (SSSR count). The van der Waals surface area contributed by atoms with Gasteiger partial charge < -0.3 is 0 Å². The Labute approximate surface area is 147 Å². The lowest BCUT2D eigenvalue weighted by Crippen LogP contribution is -1.95. The topological polar surface area (TPSA) is 116 Å². The minimum atomic E-state index is -0.701. The summed E-state index contributed by atoms with van der Waals surface area (Å²) in [6.45, 7) is 0. The van der Waals surface area contributed by atoms with E-state index in [-0.39, 0.29) is 20.8 Å². The summed E-state index contributed by atoms with van der Waals surface area (Å²) in [5.74, 6) is 0. The third-order valence-corrected chi connectivity index (χ3v) is 4.46. The number of pyridine rings is 1. The molecule has 122 valence electrons. The molecule has 0 aliphatic rings. The average molecular weight is 386 g/mol. The third-order valence-electron chi connectivity index (χ3n) is 2.95. The van der Waals surface area contributed by atoms with Crippen LogP contribution in [0, 0.1) is 20.2 Å². The van der Waals surface area contributed by atoms with Gasteiger partial charge in [0, 0.05) is 12.3 Å². The van der Waals surface area contributed by atoms with Crippen molar-refractivity contribution in [2.75, 3.05) is 0 Å². The monoisotopic (exact) mass is 385 g/mol. The van der Waals surface area contributed by atoms with E-state index in [1.54, 1.807) is 0 Å². The number of benzene rings is 1. The van der Waals surface area contributed by atoms with E-state index in [1.807, 2.05) is 0 Å². The number of halogens is 2. The molecule has 0 spiro atoms. The van der Waals surface area contributed by atoms with Crippen molar-refractivity contribution in [1.82, 2.24) is 14.6 Å². The van der Waals surface area contributed by atoms with Crippen molar-refractivity contribution in [3.8, 4) is 0 Å². The van der Waals surface area contributed by atoms with Gasteiger partial charge in [0.1, 0.15) is 0 Å². The summed E-state index contributed by atoms with van der Waals surface area (Å²) >= 11 is 12.9. The third kappa shape index (κ3) is 2.98. The second-order valence-electron chi connectivity index (χ2n) is 4.45. The molecule has 12 heteroatoms. The summed E-state index contributed by atoms with van der Waals surface area (Å²) in [4.78, 5) is 20.7. The number of nitro groups is 2. The summed E-state index contributed by atoms with van der Waals surface area (Å²) in [7, 11) is 0. The number of non-ortho nitro benzene ring substituents is 1. The van der Waals surface area contributed by atoms with Gasteiger partial charge in [0.15, 0.2) is 5.65 Å². The van der Waals surface area contributed by atoms with Crippen LogP contribution in [0.2, 0.25) is 10.0 Å². The van der Waals surface area contributed by atoms with Gasteiger partial charge >= 0.3 is 0 Å². The molecular weight excluding hydrogens is 381 g/mol. The van der Waals surface area contributed by atoms with E-state index in [0.29, 0.717) is 10.7 Å². The summed E-state index contributed by atoms with van der Waals surface area (Å²) in [6.07, 6.45) is 1.52. The van der Waals surface area contributed by atoms with Gasteiger partial charge in [-0.15, -0.1) is 10.2 Å². The van der Waals surface area contributed by atoms with Crippen molar-refractivity contribution in [1.29, 1.82) is 0 Å². The SMILES string of the molecule is O=[N+]([O-])c1ccc(Sc2nnc3c(Cl)cc(Cl)cn23)c([N+](=O)[O-])c1. The fraction of sp³-hybridized carbons (Fsp3) is 0. The van der Waals surface area contributed by atoms with Crippen LogP contribution >= 0.6 is 35.0 Å². The standard InChI is InChI=1S/C12H5Cl2N5O4S/c13-6-3-8(14)11-15-16-12(17(11)5-6)24-10-2-1-7(18(20)21)4-9(10)19(22)23/h1-5H. The lowest BCUT2D eigenvalue weighted by Gasteiger charge is -2.03. The van der Waals surface area contributed by atoms with E-state index in [2.05, 4.69) is 10.2 Å². The van der Waals surface area contributed by atoms with Crippen LogP contribution in [-0.4, -0.2) is 24.4 Å². The highest BCUT2D eigenvalue weighted by atomic mass is 35.5. The Kier molecular flexibility index (Phi) is 4.26. The van der Waals surface area contributed by atoms with Gasteiger partial charge in [-0.25, -0.2) is 0 Å². The molecule has 0 unspecified atom stereocenters. The van der Waals surface area contributed by atoms with Gasteiger partial charge in [-0.05, 0) is 23.9 Å². The molecule has 0 aliphatic carbocycles. The first kappa shape index (κ1) is 16.4. The maximum Gasteiger partial charge on any atom is 0.290 e. The molecule has 0 N–H and O–H groups in total. The first-order valence-corrected chi connectivity index (χ1v) is 7.74. The summed E-state index contributed by atoms with van der Waals surface area (Å²) < 4.78 is 1.49. The minimum absolute atomic E-state index is 0.177. The normalized spacial score (nSPS) is 10.9. The highest BCUT2D eigenvalue weighted by molar-refractivity contribution is 7.99. The highest BCUT2D eigenvalue weighted by Crippen LogP contribution is 2.37. The van der Waals surface area contributed by atoms with Crippen LogP contribution in [0.4, 0.5) is 11.4 Å². The first-order chi connectivity index (χ1) is 11.4. The van der Waals surface area contributed by atoms with Crippen molar-refractivity contribution >= 4 is 52.0 Å². The fourth-order valence-corrected chi connectivity index (χ4v) is 3.32. The zero-order valence-corrected chi connectivity index (χ0v) is 13.7. The van der Waals surface area contributed by atoms with Crippen molar-refractivity contribution < 1.29 is 9.85 Å². The number of aromatic nitrogens is 3. The van der Waals surface area contributed by atoms with E-state index in [9.17, 15) is 20.2 Å². The Balaban J connectivity index is 2.09. The number of rotatable bonds is 4. The molecule has 0 saturated heterocycles. The van der Waals surface area contributed by atoms with E-state index >= 15 is 0 Å². The molecule has 0 radical (unpaired) electrons. The Hall–Kier alpha value is -2.43. The Morgan fingerprint density at radius 2 is 1.83 bits per heavy atom. The second-order valence-corrected chi connectivity index (χ2v) is 6.30. The molecule has 24 heavy (non-hydrogen) atoms. The van der Waals surface area contributed by atoms with Gasteiger partial charge in [-0.3, -0.25) is 24.6 Å². The quantitative estimate of drug-likeness (QED) is 0.491. The number of nitrogens with zero attached hydrogens (tertiary/aromatic N) is 5. The lowest BCUT2D eigenvalue weighted by atomic mass is 10.3. The molecular formula is C12H5Cl2N5O4S. The van der Waals surface area contributed by atoms with Crippen LogP contribution in [0.1, 0.15) is 0 Å². The van der Waals surface area contributed by atoms with E-state index in [0.717, 1.165) is 17.8 Å². The zero-order chi connectivity index (χ0) is 17.4. The van der Waals surface area contributed by atoms with Gasteiger partial charge in [-0.2, -0.15) is 0 Å². The summed E-state index contributed by atoms with van der Waals surface area (Å²) in [5.41, 5.74) is -0.435. The van der Waals surface area contributed by atoms with Crippen molar-refractivity contribution in [3.05, 3.63) is 60.7 Å². The highest BCUT2D eigenvalue weighted by Gasteiger charge is 2.22. The molecule has 2 heterocycles. The van der Waals surface area contributed by atoms with Gasteiger partial charge in [0.05, 0.1) is 30.9 Å². The Morgan fingerprint density at radius 1 is 1.08 bits per heavy atom. The van der Waals surface area contributed by atoms with Crippen LogP contribution in [0.25, 0.3) is 5.65 Å². The Bertz CT molecular complexity index is 993.